The van der Waals surface area contributed by atoms with Crippen molar-refractivity contribution in [2.45, 2.75) is 71.6 Å². The summed E-state index contributed by atoms with van der Waals surface area (Å²) in [5.41, 5.74) is 0. The van der Waals surface area contributed by atoms with Crippen LogP contribution in [0.25, 0.3) is 0 Å². The molecule has 1 amide bonds. The third-order valence-electron chi connectivity index (χ3n) is 3.19. The number of unbranched alkanes of at least 4 members (excludes halogenated alkanes) is 5. The maximum atomic E-state index is 12.1. The summed E-state index contributed by atoms with van der Waals surface area (Å²) >= 11 is 5.64. The number of halogens is 1. The topological polar surface area (TPSA) is 20.3 Å². The average molecular weight is 276 g/mol. The van der Waals surface area contributed by atoms with Crippen LogP contribution in [-0.2, 0) is 4.79 Å². The van der Waals surface area contributed by atoms with Crippen molar-refractivity contribution in [1.82, 2.24) is 4.90 Å². The Kier molecular flexibility index (Phi) is 13.0. The second-order valence-corrected chi connectivity index (χ2v) is 5.32. The molecule has 0 rings (SSSR count). The first-order chi connectivity index (χ1) is 8.76. The fourth-order valence-corrected chi connectivity index (χ4v) is 2.18. The van der Waals surface area contributed by atoms with E-state index >= 15 is 0 Å². The van der Waals surface area contributed by atoms with E-state index in [4.69, 9.17) is 11.6 Å². The highest BCUT2D eigenvalue weighted by Gasteiger charge is 2.11. The number of rotatable bonds is 12. The van der Waals surface area contributed by atoms with Gasteiger partial charge < -0.3 is 4.90 Å². The average Bonchev–Trinajstić information content (AvgIpc) is 2.37. The van der Waals surface area contributed by atoms with E-state index in [-0.39, 0.29) is 0 Å². The van der Waals surface area contributed by atoms with Gasteiger partial charge in [0.25, 0.3) is 0 Å². The first-order valence-corrected chi connectivity index (χ1v) is 8.13. The van der Waals surface area contributed by atoms with Crippen LogP contribution >= 0.6 is 11.6 Å². The number of nitrogens with zero attached hydrogens (tertiary/aromatic N) is 1. The van der Waals surface area contributed by atoms with Crippen molar-refractivity contribution >= 4 is 17.5 Å². The molecule has 0 heterocycles. The van der Waals surface area contributed by atoms with Crippen molar-refractivity contribution < 1.29 is 4.79 Å². The second kappa shape index (κ2) is 13.2. The maximum absolute atomic E-state index is 12.1. The summed E-state index contributed by atoms with van der Waals surface area (Å²) in [6.45, 7) is 6.28. The Hall–Kier alpha value is -0.240. The molecule has 0 saturated carbocycles. The van der Waals surface area contributed by atoms with Gasteiger partial charge >= 0.3 is 0 Å². The molecule has 0 aromatic rings. The first-order valence-electron chi connectivity index (χ1n) is 7.60. The number of hydrogen-bond donors (Lipinski definition) is 0. The van der Waals surface area contributed by atoms with Gasteiger partial charge in [-0.05, 0) is 25.7 Å². The molecule has 0 aliphatic carbocycles. The zero-order chi connectivity index (χ0) is 13.6. The summed E-state index contributed by atoms with van der Waals surface area (Å²) in [7, 11) is 0. The van der Waals surface area contributed by atoms with Gasteiger partial charge in [0.05, 0.1) is 0 Å². The Morgan fingerprint density at radius 1 is 0.889 bits per heavy atom. The quantitative estimate of drug-likeness (QED) is 0.376. The van der Waals surface area contributed by atoms with Crippen LogP contribution in [0.3, 0.4) is 0 Å². The fraction of sp³-hybridized carbons (Fsp3) is 0.933. The highest BCUT2D eigenvalue weighted by atomic mass is 35.5. The lowest BCUT2D eigenvalue weighted by Crippen LogP contribution is -2.32. The second-order valence-electron chi connectivity index (χ2n) is 4.94. The molecule has 0 unspecified atom stereocenters. The summed E-state index contributed by atoms with van der Waals surface area (Å²) in [5, 5.41) is 0. The standard InChI is InChI=1S/C15H30ClNO/c1-3-5-9-13-17(14-10-6-4-2)15(18)11-7-8-12-16/h3-14H2,1-2H3. The Balaban J connectivity index is 3.95. The maximum Gasteiger partial charge on any atom is 0.222 e. The summed E-state index contributed by atoms with van der Waals surface area (Å²) < 4.78 is 0. The lowest BCUT2D eigenvalue weighted by Gasteiger charge is -2.22. The van der Waals surface area contributed by atoms with E-state index in [0.29, 0.717) is 18.2 Å². The van der Waals surface area contributed by atoms with Crippen LogP contribution in [0, 0.1) is 0 Å². The van der Waals surface area contributed by atoms with Crippen LogP contribution in [-0.4, -0.2) is 29.8 Å². The third-order valence-corrected chi connectivity index (χ3v) is 3.46. The van der Waals surface area contributed by atoms with Gasteiger partial charge in [0.2, 0.25) is 5.91 Å². The third kappa shape index (κ3) is 9.76. The predicted octanol–water partition coefficient (Wildman–Crippen LogP) is 4.60. The van der Waals surface area contributed by atoms with Crippen LogP contribution < -0.4 is 0 Å². The van der Waals surface area contributed by atoms with E-state index < -0.39 is 0 Å². The van der Waals surface area contributed by atoms with Crippen LogP contribution in [0.1, 0.15) is 71.6 Å². The molecule has 0 aliphatic rings. The van der Waals surface area contributed by atoms with Crippen molar-refractivity contribution in [2.75, 3.05) is 19.0 Å². The summed E-state index contributed by atoms with van der Waals surface area (Å²) in [6.07, 6.45) is 9.70. The Morgan fingerprint density at radius 3 is 1.89 bits per heavy atom. The molecule has 0 atom stereocenters. The minimum atomic E-state index is 0.326. The summed E-state index contributed by atoms with van der Waals surface area (Å²) in [6, 6.07) is 0. The van der Waals surface area contributed by atoms with Crippen LogP contribution in [0.15, 0.2) is 0 Å². The van der Waals surface area contributed by atoms with Gasteiger partial charge in [-0.3, -0.25) is 4.79 Å². The zero-order valence-electron chi connectivity index (χ0n) is 12.2. The molecule has 108 valence electrons. The normalized spacial score (nSPS) is 10.6. The predicted molar refractivity (Wildman–Crippen MR) is 80.2 cm³/mol. The van der Waals surface area contributed by atoms with E-state index in [0.717, 1.165) is 38.8 Å². The van der Waals surface area contributed by atoms with Gasteiger partial charge in [-0.25, -0.2) is 0 Å². The van der Waals surface area contributed by atoms with E-state index in [9.17, 15) is 4.79 Å². The highest BCUT2D eigenvalue weighted by molar-refractivity contribution is 6.17. The van der Waals surface area contributed by atoms with Crippen molar-refractivity contribution in [3.8, 4) is 0 Å². The Bertz CT molecular complexity index is 187. The van der Waals surface area contributed by atoms with Gasteiger partial charge in [0.15, 0.2) is 0 Å². The molecule has 0 aliphatic heterocycles. The SMILES string of the molecule is CCCCCN(CCCCC)C(=O)CCCCCl. The van der Waals surface area contributed by atoms with Crippen LogP contribution in [0.4, 0.5) is 0 Å². The molecule has 3 heteroatoms. The lowest BCUT2D eigenvalue weighted by molar-refractivity contribution is -0.131. The van der Waals surface area contributed by atoms with Crippen molar-refractivity contribution in [3.63, 3.8) is 0 Å². The van der Waals surface area contributed by atoms with E-state index in [2.05, 4.69) is 18.7 Å². The van der Waals surface area contributed by atoms with E-state index in [1.54, 1.807) is 0 Å². The van der Waals surface area contributed by atoms with Gasteiger partial charge in [0, 0.05) is 25.4 Å². The number of hydrogen-bond acceptors (Lipinski definition) is 1. The number of amides is 1. The van der Waals surface area contributed by atoms with Gasteiger partial charge in [-0.1, -0.05) is 39.5 Å². The number of carbonyl (C=O) groups excluding carboxylic acids is 1. The highest BCUT2D eigenvalue weighted by Crippen LogP contribution is 2.07. The molecule has 0 radical (unpaired) electrons. The zero-order valence-corrected chi connectivity index (χ0v) is 13.0. The summed E-state index contributed by atoms with van der Waals surface area (Å²) in [4.78, 5) is 14.2. The van der Waals surface area contributed by atoms with Crippen molar-refractivity contribution in [1.29, 1.82) is 0 Å². The molecule has 0 aromatic carbocycles. The van der Waals surface area contributed by atoms with E-state index in [1.165, 1.54) is 25.7 Å². The molecule has 0 spiro atoms. The first kappa shape index (κ1) is 17.8. The van der Waals surface area contributed by atoms with E-state index in [1.807, 2.05) is 0 Å². The monoisotopic (exact) mass is 275 g/mol. The van der Waals surface area contributed by atoms with Gasteiger partial charge in [0.1, 0.15) is 0 Å². The molecule has 0 N–H and O–H groups in total. The largest absolute Gasteiger partial charge is 0.343 e. The molecular weight excluding hydrogens is 246 g/mol. The molecule has 18 heavy (non-hydrogen) atoms. The molecule has 2 nitrogen and oxygen atoms in total. The molecule has 0 aromatic heterocycles. The Labute approximate surface area is 118 Å². The Morgan fingerprint density at radius 2 is 1.44 bits per heavy atom. The van der Waals surface area contributed by atoms with Crippen molar-refractivity contribution in [2.24, 2.45) is 0 Å². The minimum absolute atomic E-state index is 0.326. The van der Waals surface area contributed by atoms with Gasteiger partial charge in [-0.2, -0.15) is 0 Å². The molecule has 0 fully saturated rings. The van der Waals surface area contributed by atoms with Crippen LogP contribution in [0.2, 0.25) is 0 Å². The lowest BCUT2D eigenvalue weighted by atomic mass is 10.2. The fourth-order valence-electron chi connectivity index (χ4n) is 2.00. The molecule has 0 bridgehead atoms. The van der Waals surface area contributed by atoms with Gasteiger partial charge in [-0.15, -0.1) is 11.6 Å². The number of alkyl halides is 1. The molecular formula is C15H30ClNO. The molecule has 0 saturated heterocycles. The van der Waals surface area contributed by atoms with Crippen molar-refractivity contribution in [3.05, 3.63) is 0 Å². The minimum Gasteiger partial charge on any atom is -0.343 e. The summed E-state index contributed by atoms with van der Waals surface area (Å²) in [5.74, 6) is 0.992. The number of carbonyl (C=O) groups is 1. The smallest absolute Gasteiger partial charge is 0.222 e. The van der Waals surface area contributed by atoms with Crippen LogP contribution in [0.5, 0.6) is 0 Å².